The summed E-state index contributed by atoms with van der Waals surface area (Å²) in [4.78, 5) is 25.0. The lowest BCUT2D eigenvalue weighted by molar-refractivity contribution is 0.0128. The summed E-state index contributed by atoms with van der Waals surface area (Å²) < 4.78 is 6.45. The summed E-state index contributed by atoms with van der Waals surface area (Å²) in [5, 5.41) is 18.7. The molecule has 0 spiro atoms. The van der Waals surface area contributed by atoms with Crippen molar-refractivity contribution in [2.24, 2.45) is 5.92 Å². The molecule has 0 saturated carbocycles. The second-order valence-corrected chi connectivity index (χ2v) is 4.12. The Labute approximate surface area is 96.3 Å². The van der Waals surface area contributed by atoms with Crippen molar-refractivity contribution in [3.63, 3.8) is 0 Å². The van der Waals surface area contributed by atoms with E-state index in [4.69, 9.17) is 9.84 Å². The standard InChI is InChI=1S/C10H14N2O5/c1-5-2-12(10(16)11-8(5)15)9-6(3-13)7(14)4-17-9/h2,6-7,9,13-14H,3-4H2,1H3,(H,11,15,16)/t6-,7-,9-/m1/s1. The average Bonchev–Trinajstić information content (AvgIpc) is 2.64. The highest BCUT2D eigenvalue weighted by molar-refractivity contribution is 5.02. The van der Waals surface area contributed by atoms with E-state index in [-0.39, 0.29) is 13.2 Å². The van der Waals surface area contributed by atoms with Crippen molar-refractivity contribution in [3.8, 4) is 0 Å². The second-order valence-electron chi connectivity index (χ2n) is 4.12. The van der Waals surface area contributed by atoms with E-state index in [1.165, 1.54) is 10.8 Å². The lowest BCUT2D eigenvalue weighted by Crippen LogP contribution is -2.37. The molecule has 3 N–H and O–H groups in total. The molecule has 17 heavy (non-hydrogen) atoms. The zero-order chi connectivity index (χ0) is 12.6. The molecular weight excluding hydrogens is 228 g/mol. The van der Waals surface area contributed by atoms with Gasteiger partial charge in [0.25, 0.3) is 5.56 Å². The molecule has 0 aliphatic carbocycles. The third-order valence-electron chi connectivity index (χ3n) is 2.93. The van der Waals surface area contributed by atoms with Gasteiger partial charge in [0.15, 0.2) is 0 Å². The molecule has 0 aromatic carbocycles. The molecular formula is C10H14N2O5. The first-order chi connectivity index (χ1) is 8.04. The molecule has 94 valence electrons. The van der Waals surface area contributed by atoms with Crippen molar-refractivity contribution in [2.75, 3.05) is 13.2 Å². The minimum Gasteiger partial charge on any atom is -0.396 e. The number of H-pyrrole nitrogens is 1. The van der Waals surface area contributed by atoms with Crippen LogP contribution in [0.15, 0.2) is 15.8 Å². The largest absolute Gasteiger partial charge is 0.396 e. The maximum absolute atomic E-state index is 11.6. The van der Waals surface area contributed by atoms with Crippen LogP contribution in [0.3, 0.4) is 0 Å². The molecule has 1 aromatic rings. The smallest absolute Gasteiger partial charge is 0.330 e. The van der Waals surface area contributed by atoms with Gasteiger partial charge in [-0.05, 0) is 6.92 Å². The van der Waals surface area contributed by atoms with Crippen molar-refractivity contribution >= 4 is 0 Å². The van der Waals surface area contributed by atoms with Crippen molar-refractivity contribution in [3.05, 3.63) is 32.6 Å². The number of aliphatic hydroxyl groups is 2. The fourth-order valence-electron chi connectivity index (χ4n) is 1.91. The zero-order valence-electron chi connectivity index (χ0n) is 9.29. The maximum atomic E-state index is 11.6. The number of hydrogen-bond acceptors (Lipinski definition) is 5. The Morgan fingerprint density at radius 3 is 2.94 bits per heavy atom. The van der Waals surface area contributed by atoms with Gasteiger partial charge in [0.05, 0.1) is 25.2 Å². The van der Waals surface area contributed by atoms with Crippen molar-refractivity contribution < 1.29 is 14.9 Å². The van der Waals surface area contributed by atoms with E-state index in [0.29, 0.717) is 5.56 Å². The third kappa shape index (κ3) is 2.04. The first-order valence-corrected chi connectivity index (χ1v) is 5.27. The minimum atomic E-state index is -0.816. The molecule has 0 bridgehead atoms. The predicted octanol–water partition coefficient (Wildman–Crippen LogP) is -1.66. The Kier molecular flexibility index (Phi) is 3.14. The van der Waals surface area contributed by atoms with Crippen LogP contribution in [0, 0.1) is 12.8 Å². The maximum Gasteiger partial charge on any atom is 0.330 e. The molecule has 3 atom stereocenters. The summed E-state index contributed by atoms with van der Waals surface area (Å²) in [5.41, 5.74) is -0.699. The molecule has 1 saturated heterocycles. The van der Waals surface area contributed by atoms with Gasteiger partial charge in [0.1, 0.15) is 6.23 Å². The van der Waals surface area contributed by atoms with E-state index in [0.717, 1.165) is 0 Å². The Bertz CT molecular complexity index is 520. The van der Waals surface area contributed by atoms with Crippen LogP contribution in [0.1, 0.15) is 11.8 Å². The molecule has 1 aliphatic heterocycles. The molecule has 1 aromatic heterocycles. The van der Waals surface area contributed by atoms with Crippen molar-refractivity contribution in [2.45, 2.75) is 19.3 Å². The number of aromatic nitrogens is 2. The number of hydrogen-bond donors (Lipinski definition) is 3. The molecule has 2 rings (SSSR count). The average molecular weight is 242 g/mol. The Hall–Kier alpha value is -1.44. The molecule has 0 unspecified atom stereocenters. The molecule has 0 radical (unpaired) electrons. The topological polar surface area (TPSA) is 105 Å². The van der Waals surface area contributed by atoms with E-state index in [1.54, 1.807) is 6.92 Å². The van der Waals surface area contributed by atoms with Gasteiger partial charge in [-0.2, -0.15) is 0 Å². The Balaban J connectivity index is 2.44. The summed E-state index contributed by atoms with van der Waals surface area (Å²) >= 11 is 0. The number of aliphatic hydroxyl groups excluding tert-OH is 2. The highest BCUT2D eigenvalue weighted by Gasteiger charge is 2.37. The molecule has 7 heteroatoms. The first-order valence-electron chi connectivity index (χ1n) is 5.27. The summed E-state index contributed by atoms with van der Waals surface area (Å²) in [7, 11) is 0. The minimum absolute atomic E-state index is 0.0561. The van der Waals surface area contributed by atoms with Gasteiger partial charge in [-0.3, -0.25) is 14.3 Å². The van der Waals surface area contributed by atoms with E-state index >= 15 is 0 Å². The van der Waals surface area contributed by atoms with Crippen molar-refractivity contribution in [1.29, 1.82) is 0 Å². The summed E-state index contributed by atoms with van der Waals surface area (Å²) in [6.07, 6.45) is -0.200. The fourth-order valence-corrected chi connectivity index (χ4v) is 1.91. The van der Waals surface area contributed by atoms with Gasteiger partial charge < -0.3 is 14.9 Å². The van der Waals surface area contributed by atoms with Crippen LogP contribution in [0.4, 0.5) is 0 Å². The van der Waals surface area contributed by atoms with E-state index in [1.807, 2.05) is 0 Å². The SMILES string of the molecule is Cc1cn([C@@H]2OC[C@@H](O)[C@H]2CO)c(=O)[nH]c1=O. The monoisotopic (exact) mass is 242 g/mol. The Morgan fingerprint density at radius 2 is 2.29 bits per heavy atom. The van der Waals surface area contributed by atoms with Gasteiger partial charge in [-0.15, -0.1) is 0 Å². The van der Waals surface area contributed by atoms with Crippen LogP contribution >= 0.6 is 0 Å². The van der Waals surface area contributed by atoms with E-state index in [2.05, 4.69) is 4.98 Å². The molecule has 1 fully saturated rings. The first kappa shape index (κ1) is 12.0. The number of ether oxygens (including phenoxy) is 1. The summed E-state index contributed by atoms with van der Waals surface area (Å²) in [6, 6.07) is 0. The van der Waals surface area contributed by atoms with Crippen LogP contribution in [0.25, 0.3) is 0 Å². The van der Waals surface area contributed by atoms with E-state index in [9.17, 15) is 14.7 Å². The highest BCUT2D eigenvalue weighted by atomic mass is 16.5. The van der Waals surface area contributed by atoms with Crippen molar-refractivity contribution in [1.82, 2.24) is 9.55 Å². The zero-order valence-corrected chi connectivity index (χ0v) is 9.29. The lowest BCUT2D eigenvalue weighted by atomic mass is 10.1. The van der Waals surface area contributed by atoms with E-state index < -0.39 is 29.5 Å². The van der Waals surface area contributed by atoms with Gasteiger partial charge >= 0.3 is 5.69 Å². The predicted molar refractivity (Wildman–Crippen MR) is 57.6 cm³/mol. The molecule has 0 amide bonds. The van der Waals surface area contributed by atoms with Crippen LogP contribution in [0.5, 0.6) is 0 Å². The van der Waals surface area contributed by atoms with Crippen LogP contribution < -0.4 is 11.2 Å². The summed E-state index contributed by atoms with van der Waals surface area (Å²) in [6.45, 7) is 1.32. The number of nitrogens with zero attached hydrogens (tertiary/aromatic N) is 1. The number of aromatic amines is 1. The fraction of sp³-hybridized carbons (Fsp3) is 0.600. The molecule has 1 aliphatic rings. The molecule has 7 nitrogen and oxygen atoms in total. The van der Waals surface area contributed by atoms with Gasteiger partial charge in [0.2, 0.25) is 0 Å². The van der Waals surface area contributed by atoms with Crippen LogP contribution in [-0.2, 0) is 4.74 Å². The Morgan fingerprint density at radius 1 is 1.59 bits per heavy atom. The normalized spacial score (nSPS) is 28.5. The molecule has 2 heterocycles. The third-order valence-corrected chi connectivity index (χ3v) is 2.93. The van der Waals surface area contributed by atoms with Gasteiger partial charge in [-0.1, -0.05) is 0 Å². The van der Waals surface area contributed by atoms with Crippen LogP contribution in [-0.4, -0.2) is 39.1 Å². The summed E-state index contributed by atoms with van der Waals surface area (Å²) in [5.74, 6) is -0.571. The number of nitrogens with one attached hydrogen (secondary N) is 1. The quantitative estimate of drug-likeness (QED) is 0.576. The number of rotatable bonds is 2. The highest BCUT2D eigenvalue weighted by Crippen LogP contribution is 2.28. The second kappa shape index (κ2) is 4.44. The van der Waals surface area contributed by atoms with Gasteiger partial charge in [0, 0.05) is 11.8 Å². The lowest BCUT2D eigenvalue weighted by Gasteiger charge is -2.20. The van der Waals surface area contributed by atoms with Crippen LogP contribution in [0.2, 0.25) is 0 Å². The van der Waals surface area contributed by atoms with Gasteiger partial charge in [-0.25, -0.2) is 4.79 Å². The number of aryl methyl sites for hydroxylation is 1.